The van der Waals surface area contributed by atoms with Crippen LogP contribution in [-0.2, 0) is 4.79 Å². The van der Waals surface area contributed by atoms with Gasteiger partial charge in [-0.15, -0.1) is 0 Å². The van der Waals surface area contributed by atoms with Gasteiger partial charge in [-0.25, -0.2) is 9.97 Å². The van der Waals surface area contributed by atoms with Crippen LogP contribution in [0.2, 0.25) is 10.0 Å². The van der Waals surface area contributed by atoms with E-state index in [9.17, 15) is 14.4 Å². The van der Waals surface area contributed by atoms with E-state index >= 15 is 0 Å². The highest BCUT2D eigenvalue weighted by molar-refractivity contribution is 6.40. The minimum atomic E-state index is -0.506. The normalized spacial score (nSPS) is 13.3. The van der Waals surface area contributed by atoms with Crippen molar-refractivity contribution < 1.29 is 14.4 Å². The van der Waals surface area contributed by atoms with Gasteiger partial charge in [0.2, 0.25) is 11.9 Å². The van der Waals surface area contributed by atoms with E-state index in [0.717, 1.165) is 25.2 Å². The zero-order valence-electron chi connectivity index (χ0n) is 24.2. The first-order chi connectivity index (χ1) is 21.2. The van der Waals surface area contributed by atoms with E-state index in [-0.39, 0.29) is 27.4 Å². The largest absolute Gasteiger partial charge is 0.336 e. The van der Waals surface area contributed by atoms with Gasteiger partial charge in [-0.1, -0.05) is 48.3 Å². The lowest BCUT2D eigenvalue weighted by Gasteiger charge is -2.34. The summed E-state index contributed by atoms with van der Waals surface area (Å²) < 4.78 is 0. The molecule has 0 radical (unpaired) electrons. The number of rotatable bonds is 8. The number of benzene rings is 3. The van der Waals surface area contributed by atoms with Gasteiger partial charge < -0.3 is 25.8 Å². The lowest BCUT2D eigenvalue weighted by Crippen LogP contribution is -2.48. The van der Waals surface area contributed by atoms with Gasteiger partial charge in [0.25, 0.3) is 11.8 Å². The van der Waals surface area contributed by atoms with Crippen molar-refractivity contribution in [3.63, 3.8) is 0 Å². The molecule has 226 valence electrons. The molecule has 0 saturated carbocycles. The van der Waals surface area contributed by atoms with Crippen LogP contribution in [0.1, 0.15) is 34.6 Å². The molecule has 2 heterocycles. The number of hydrogen-bond acceptors (Lipinski definition) is 7. The number of halogens is 2. The Morgan fingerprint density at radius 2 is 1.52 bits per heavy atom. The molecule has 1 fully saturated rings. The fourth-order valence-corrected chi connectivity index (χ4v) is 5.46. The molecule has 4 aromatic rings. The summed E-state index contributed by atoms with van der Waals surface area (Å²) in [5, 5.41) is 9.19. The van der Waals surface area contributed by atoms with Crippen molar-refractivity contribution in [2.24, 2.45) is 0 Å². The van der Waals surface area contributed by atoms with Gasteiger partial charge in [0.1, 0.15) is 0 Å². The van der Waals surface area contributed by atoms with Crippen LogP contribution in [0.3, 0.4) is 0 Å². The van der Waals surface area contributed by atoms with Gasteiger partial charge in [-0.3, -0.25) is 14.4 Å². The first kappa shape index (κ1) is 30.9. The number of nitrogens with zero attached hydrogens (tertiary/aromatic N) is 4. The van der Waals surface area contributed by atoms with E-state index in [0.29, 0.717) is 47.4 Å². The summed E-state index contributed by atoms with van der Waals surface area (Å²) in [6.45, 7) is 7.28. The van der Waals surface area contributed by atoms with Crippen LogP contribution in [0.4, 0.5) is 23.0 Å². The van der Waals surface area contributed by atoms with Crippen LogP contribution in [0.15, 0.2) is 72.9 Å². The second-order valence-corrected chi connectivity index (χ2v) is 11.0. The number of amides is 3. The number of aromatic nitrogens is 2. The van der Waals surface area contributed by atoms with Gasteiger partial charge in [0, 0.05) is 67.5 Å². The van der Waals surface area contributed by atoms with Crippen LogP contribution >= 0.6 is 23.2 Å². The van der Waals surface area contributed by atoms with E-state index < -0.39 is 5.91 Å². The van der Waals surface area contributed by atoms with E-state index in [1.165, 1.54) is 6.92 Å². The van der Waals surface area contributed by atoms with Crippen LogP contribution in [0.5, 0.6) is 0 Å². The Morgan fingerprint density at radius 1 is 0.841 bits per heavy atom. The molecular weight excluding hydrogens is 601 g/mol. The Balaban J connectivity index is 1.43. The van der Waals surface area contributed by atoms with Gasteiger partial charge >= 0.3 is 0 Å². The summed E-state index contributed by atoms with van der Waals surface area (Å²) in [7, 11) is 0. The molecule has 3 amide bonds. The van der Waals surface area contributed by atoms with Gasteiger partial charge in [-0.05, 0) is 55.1 Å². The highest BCUT2D eigenvalue weighted by Gasteiger charge is 2.23. The molecular formula is C32H31Cl2N7O3. The summed E-state index contributed by atoms with van der Waals surface area (Å²) in [5.41, 5.74) is 3.56. The molecule has 0 atom stereocenters. The minimum Gasteiger partial charge on any atom is -0.336 e. The fraction of sp³-hybridized carbons (Fsp3) is 0.219. The van der Waals surface area contributed by atoms with Crippen molar-refractivity contribution in [1.29, 1.82) is 0 Å². The van der Waals surface area contributed by atoms with E-state index in [2.05, 4.69) is 37.7 Å². The first-order valence-corrected chi connectivity index (χ1v) is 14.9. The molecule has 1 aliphatic rings. The first-order valence-electron chi connectivity index (χ1n) is 14.1. The smallest absolute Gasteiger partial charge is 0.258 e. The Kier molecular flexibility index (Phi) is 9.74. The standard InChI is InChI=1S/C32H31Cl2N7O3/c1-3-40-13-15-41(16-14-40)31(44)22-17-24(37-30(43)29-26(33)5-4-6-27(29)34)19-25(18-22)38-32-35-12-11-28(39-32)21-7-9-23(10-8-21)36-20(2)42/h4-12,17-19H,3,13-16H2,1-2H3,(H,36,42)(H,37,43)(H,35,38,39). The molecule has 3 N–H and O–H groups in total. The van der Waals surface area contributed by atoms with Gasteiger partial charge in [-0.2, -0.15) is 0 Å². The Hall–Kier alpha value is -4.51. The number of likely N-dealkylation sites (N-methyl/N-ethyl adjacent to an activating group) is 1. The van der Waals surface area contributed by atoms with E-state index in [1.54, 1.807) is 60.8 Å². The highest BCUT2D eigenvalue weighted by Crippen LogP contribution is 2.28. The number of hydrogen-bond donors (Lipinski definition) is 3. The summed E-state index contributed by atoms with van der Waals surface area (Å²) in [5.74, 6) is -0.514. The molecule has 0 spiro atoms. The second-order valence-electron chi connectivity index (χ2n) is 10.2. The molecule has 0 unspecified atom stereocenters. The Bertz CT molecular complexity index is 1670. The van der Waals surface area contributed by atoms with Crippen LogP contribution in [0, 0.1) is 0 Å². The molecule has 1 aromatic heterocycles. The van der Waals surface area contributed by atoms with Crippen molar-refractivity contribution in [2.75, 3.05) is 48.7 Å². The Morgan fingerprint density at radius 3 is 2.18 bits per heavy atom. The van der Waals surface area contributed by atoms with Crippen molar-refractivity contribution >= 4 is 63.9 Å². The van der Waals surface area contributed by atoms with Crippen LogP contribution in [0.25, 0.3) is 11.3 Å². The fourth-order valence-electron chi connectivity index (χ4n) is 4.89. The zero-order valence-corrected chi connectivity index (χ0v) is 25.7. The summed E-state index contributed by atoms with van der Waals surface area (Å²) in [6, 6.07) is 18.9. The quantitative estimate of drug-likeness (QED) is 0.212. The van der Waals surface area contributed by atoms with Crippen molar-refractivity contribution in [3.05, 3.63) is 94.1 Å². The zero-order chi connectivity index (χ0) is 31.2. The molecule has 5 rings (SSSR count). The van der Waals surface area contributed by atoms with Gasteiger partial charge in [0.15, 0.2) is 0 Å². The molecule has 0 aliphatic carbocycles. The number of anilines is 4. The summed E-state index contributed by atoms with van der Waals surface area (Å²) in [4.78, 5) is 51.3. The average Bonchev–Trinajstić information content (AvgIpc) is 3.01. The molecule has 1 saturated heterocycles. The number of carbonyl (C=O) groups excluding carboxylic acids is 3. The van der Waals surface area contributed by atoms with E-state index in [4.69, 9.17) is 23.2 Å². The van der Waals surface area contributed by atoms with Gasteiger partial charge in [0.05, 0.1) is 21.3 Å². The lowest BCUT2D eigenvalue weighted by atomic mass is 10.1. The maximum atomic E-state index is 13.6. The molecule has 0 bridgehead atoms. The second kappa shape index (κ2) is 13.9. The van der Waals surface area contributed by atoms with Crippen LogP contribution < -0.4 is 16.0 Å². The van der Waals surface area contributed by atoms with Crippen molar-refractivity contribution in [3.8, 4) is 11.3 Å². The van der Waals surface area contributed by atoms with Crippen molar-refractivity contribution in [1.82, 2.24) is 19.8 Å². The maximum absolute atomic E-state index is 13.6. The third-order valence-corrected chi connectivity index (χ3v) is 7.78. The molecule has 12 heteroatoms. The SMILES string of the molecule is CCN1CCN(C(=O)c2cc(NC(=O)c3c(Cl)cccc3Cl)cc(Nc3nccc(-c4ccc(NC(C)=O)cc4)n3)c2)CC1. The number of carbonyl (C=O) groups is 3. The lowest BCUT2D eigenvalue weighted by molar-refractivity contribution is -0.114. The predicted octanol–water partition coefficient (Wildman–Crippen LogP) is 6.18. The third kappa shape index (κ3) is 7.52. The molecule has 10 nitrogen and oxygen atoms in total. The summed E-state index contributed by atoms with van der Waals surface area (Å²) >= 11 is 12.5. The summed E-state index contributed by atoms with van der Waals surface area (Å²) in [6.07, 6.45) is 1.62. The number of nitrogens with one attached hydrogen (secondary N) is 3. The maximum Gasteiger partial charge on any atom is 0.258 e. The minimum absolute atomic E-state index is 0.137. The highest BCUT2D eigenvalue weighted by atomic mass is 35.5. The molecule has 3 aromatic carbocycles. The topological polar surface area (TPSA) is 120 Å². The average molecular weight is 633 g/mol. The molecule has 1 aliphatic heterocycles. The van der Waals surface area contributed by atoms with Crippen LogP contribution in [-0.4, -0.2) is 70.2 Å². The molecule has 44 heavy (non-hydrogen) atoms. The van der Waals surface area contributed by atoms with E-state index in [1.807, 2.05) is 17.0 Å². The Labute approximate surface area is 265 Å². The third-order valence-electron chi connectivity index (χ3n) is 7.15. The van der Waals surface area contributed by atoms with Crippen molar-refractivity contribution in [2.45, 2.75) is 13.8 Å². The number of piperazine rings is 1. The predicted molar refractivity (Wildman–Crippen MR) is 174 cm³/mol. The monoisotopic (exact) mass is 631 g/mol.